The second kappa shape index (κ2) is 10.5. The zero-order valence-electron chi connectivity index (χ0n) is 17.4. The maximum absolute atomic E-state index is 12.6. The van der Waals surface area contributed by atoms with Crippen LogP contribution in [0.3, 0.4) is 0 Å². The number of carbonyl (C=O) groups excluding carboxylic acids is 2. The molecule has 3 aromatic rings. The van der Waals surface area contributed by atoms with Crippen molar-refractivity contribution in [3.8, 4) is 5.75 Å². The number of hydrogen-bond acceptors (Lipinski definition) is 4. The van der Waals surface area contributed by atoms with Gasteiger partial charge in [-0.2, -0.15) is 0 Å². The topological polar surface area (TPSA) is 70.7 Å². The average molecular weight is 549 g/mol. The van der Waals surface area contributed by atoms with Crippen LogP contribution in [-0.4, -0.2) is 18.4 Å². The number of rotatable bonds is 7. The van der Waals surface area contributed by atoms with Crippen molar-refractivity contribution in [2.45, 2.75) is 13.0 Å². The predicted molar refractivity (Wildman–Crippen MR) is 134 cm³/mol. The highest BCUT2D eigenvalue weighted by atomic mass is 79.9. The minimum Gasteiger partial charge on any atom is -0.487 e. The van der Waals surface area contributed by atoms with Crippen molar-refractivity contribution in [1.29, 1.82) is 0 Å². The smallest absolute Gasteiger partial charge is 0.243 e. The van der Waals surface area contributed by atoms with E-state index in [0.717, 1.165) is 15.7 Å². The lowest BCUT2D eigenvalue weighted by atomic mass is 10.1. The van der Waals surface area contributed by atoms with Crippen LogP contribution in [0.15, 0.2) is 71.2 Å². The lowest BCUT2D eigenvalue weighted by Crippen LogP contribution is -2.36. The maximum Gasteiger partial charge on any atom is 0.243 e. The van der Waals surface area contributed by atoms with E-state index in [2.05, 4.69) is 26.8 Å². The van der Waals surface area contributed by atoms with Crippen molar-refractivity contribution in [1.82, 2.24) is 5.43 Å². The largest absolute Gasteiger partial charge is 0.487 e. The van der Waals surface area contributed by atoms with E-state index in [1.165, 1.54) is 0 Å². The van der Waals surface area contributed by atoms with Crippen LogP contribution in [0.2, 0.25) is 10.0 Å². The number of amides is 2. The number of ether oxygens (including phenoxy) is 1. The van der Waals surface area contributed by atoms with Gasteiger partial charge in [-0.1, -0.05) is 51.3 Å². The molecule has 1 atom stereocenters. The zero-order valence-corrected chi connectivity index (χ0v) is 20.5. The molecule has 0 spiro atoms. The summed E-state index contributed by atoms with van der Waals surface area (Å²) < 4.78 is 6.69. The Balaban J connectivity index is 1.30. The van der Waals surface area contributed by atoms with Crippen LogP contribution < -0.4 is 20.5 Å². The Bertz CT molecular complexity index is 1160. The summed E-state index contributed by atoms with van der Waals surface area (Å²) in [7, 11) is 0. The van der Waals surface area contributed by atoms with Crippen LogP contribution in [0.5, 0.6) is 5.75 Å². The van der Waals surface area contributed by atoms with Crippen molar-refractivity contribution in [2.75, 3.05) is 16.9 Å². The van der Waals surface area contributed by atoms with E-state index in [1.54, 1.807) is 35.2 Å². The molecule has 9 heteroatoms. The molecule has 0 aromatic heterocycles. The van der Waals surface area contributed by atoms with Gasteiger partial charge in [0.05, 0.1) is 16.6 Å². The molecule has 170 valence electrons. The van der Waals surface area contributed by atoms with Gasteiger partial charge in [-0.15, -0.1) is 0 Å². The first-order chi connectivity index (χ1) is 15.9. The van der Waals surface area contributed by atoms with E-state index in [-0.39, 0.29) is 18.2 Å². The van der Waals surface area contributed by atoms with E-state index in [1.807, 2.05) is 36.4 Å². The van der Waals surface area contributed by atoms with E-state index in [0.29, 0.717) is 34.6 Å². The van der Waals surface area contributed by atoms with Gasteiger partial charge in [0.15, 0.2) is 0 Å². The average Bonchev–Trinajstić information content (AvgIpc) is 3.20. The molecule has 4 rings (SSSR count). The van der Waals surface area contributed by atoms with Crippen molar-refractivity contribution in [3.05, 3.63) is 86.8 Å². The number of nitrogens with one attached hydrogen (secondary N) is 2. The van der Waals surface area contributed by atoms with E-state index in [9.17, 15) is 9.59 Å². The standard InChI is InChI=1S/C24H20BrCl2N3O3/c25-17-3-8-20(9-4-17)30-13-16(11-23(30)31)24(32)29-28-19-7-10-22(21(27)12-19)33-14-15-1-5-18(26)6-2-15/h1-10,12,16,28H,11,13-14H2,(H,29,32)/t16-/m1/s1. The Kier molecular flexibility index (Phi) is 7.42. The van der Waals surface area contributed by atoms with Gasteiger partial charge in [-0.05, 0) is 60.2 Å². The SMILES string of the molecule is O=C(NNc1ccc(OCc2ccc(Cl)cc2)c(Cl)c1)[C@@H]1CC(=O)N(c2ccc(Br)cc2)C1. The third-order valence-corrected chi connectivity index (χ3v) is 6.28. The van der Waals surface area contributed by atoms with Gasteiger partial charge in [0, 0.05) is 28.1 Å². The second-order valence-electron chi connectivity index (χ2n) is 7.56. The summed E-state index contributed by atoms with van der Waals surface area (Å²) in [5.74, 6) is -0.272. The van der Waals surface area contributed by atoms with Crippen molar-refractivity contribution < 1.29 is 14.3 Å². The number of hydrogen-bond donors (Lipinski definition) is 2. The Labute approximate surface area is 209 Å². The van der Waals surface area contributed by atoms with Crippen LogP contribution in [0, 0.1) is 5.92 Å². The lowest BCUT2D eigenvalue weighted by Gasteiger charge is -2.17. The highest BCUT2D eigenvalue weighted by molar-refractivity contribution is 9.10. The third-order valence-electron chi connectivity index (χ3n) is 5.20. The van der Waals surface area contributed by atoms with Crippen LogP contribution in [-0.2, 0) is 16.2 Å². The minimum atomic E-state index is -0.453. The molecule has 0 unspecified atom stereocenters. The molecule has 0 bridgehead atoms. The van der Waals surface area contributed by atoms with Gasteiger partial charge in [0.2, 0.25) is 11.8 Å². The molecule has 1 aliphatic rings. The Morgan fingerprint density at radius 2 is 1.79 bits per heavy atom. The fraction of sp³-hybridized carbons (Fsp3) is 0.167. The molecule has 1 saturated heterocycles. The van der Waals surface area contributed by atoms with E-state index >= 15 is 0 Å². The highest BCUT2D eigenvalue weighted by Crippen LogP contribution is 2.29. The van der Waals surface area contributed by atoms with Crippen LogP contribution in [0.1, 0.15) is 12.0 Å². The first kappa shape index (κ1) is 23.4. The van der Waals surface area contributed by atoms with Crippen molar-refractivity contribution in [2.24, 2.45) is 5.92 Å². The number of nitrogens with zero attached hydrogens (tertiary/aromatic N) is 1. The minimum absolute atomic E-state index is 0.0808. The molecule has 0 saturated carbocycles. The van der Waals surface area contributed by atoms with Gasteiger partial charge in [-0.25, -0.2) is 0 Å². The summed E-state index contributed by atoms with van der Waals surface area (Å²) in [5.41, 5.74) is 7.86. The van der Waals surface area contributed by atoms with E-state index in [4.69, 9.17) is 27.9 Å². The molecule has 3 aromatic carbocycles. The van der Waals surface area contributed by atoms with Gasteiger partial charge in [0.25, 0.3) is 0 Å². The molecule has 2 amide bonds. The van der Waals surface area contributed by atoms with Gasteiger partial charge < -0.3 is 9.64 Å². The zero-order chi connectivity index (χ0) is 23.4. The summed E-state index contributed by atoms with van der Waals surface area (Å²) >= 11 is 15.6. The van der Waals surface area contributed by atoms with Gasteiger partial charge in [-0.3, -0.25) is 20.4 Å². The normalized spacial score (nSPS) is 15.4. The van der Waals surface area contributed by atoms with Gasteiger partial charge >= 0.3 is 0 Å². The van der Waals surface area contributed by atoms with E-state index < -0.39 is 5.92 Å². The second-order valence-corrected chi connectivity index (χ2v) is 9.32. The Hall–Kier alpha value is -2.74. The van der Waals surface area contributed by atoms with Crippen molar-refractivity contribution in [3.63, 3.8) is 0 Å². The van der Waals surface area contributed by atoms with Crippen molar-refractivity contribution >= 4 is 62.3 Å². The maximum atomic E-state index is 12.6. The number of anilines is 2. The Morgan fingerprint density at radius 3 is 2.48 bits per heavy atom. The first-order valence-electron chi connectivity index (χ1n) is 10.2. The summed E-state index contributed by atoms with van der Waals surface area (Å²) in [6.45, 7) is 0.678. The number of hydrazine groups is 1. The quantitative estimate of drug-likeness (QED) is 0.364. The monoisotopic (exact) mass is 547 g/mol. The first-order valence-corrected chi connectivity index (χ1v) is 11.7. The molecule has 2 N–H and O–H groups in total. The number of halogens is 3. The summed E-state index contributed by atoms with van der Waals surface area (Å²) in [5, 5.41) is 1.07. The molecule has 1 heterocycles. The summed E-state index contributed by atoms with van der Waals surface area (Å²) in [6, 6.07) is 19.9. The molecular weight excluding hydrogens is 529 g/mol. The molecule has 1 aliphatic heterocycles. The third kappa shape index (κ3) is 5.99. The summed E-state index contributed by atoms with van der Waals surface area (Å²) in [4.78, 5) is 26.6. The fourth-order valence-corrected chi connectivity index (χ4v) is 4.05. The molecule has 1 fully saturated rings. The molecule has 0 aliphatic carbocycles. The van der Waals surface area contributed by atoms with Crippen LogP contribution >= 0.6 is 39.1 Å². The van der Waals surface area contributed by atoms with Crippen LogP contribution in [0.4, 0.5) is 11.4 Å². The summed E-state index contributed by atoms with van der Waals surface area (Å²) in [6.07, 6.45) is 0.155. The van der Waals surface area contributed by atoms with Crippen LogP contribution in [0.25, 0.3) is 0 Å². The molecule has 0 radical (unpaired) electrons. The molecule has 6 nitrogen and oxygen atoms in total. The lowest BCUT2D eigenvalue weighted by molar-refractivity contribution is -0.125. The number of carbonyl (C=O) groups is 2. The molecular formula is C24H20BrCl2N3O3. The van der Waals surface area contributed by atoms with Gasteiger partial charge in [0.1, 0.15) is 12.4 Å². The Morgan fingerprint density at radius 1 is 1.06 bits per heavy atom. The highest BCUT2D eigenvalue weighted by Gasteiger charge is 2.35. The number of benzene rings is 3. The predicted octanol–water partition coefficient (Wildman–Crippen LogP) is 5.83. The fourth-order valence-electron chi connectivity index (χ4n) is 3.43. The molecule has 33 heavy (non-hydrogen) atoms.